The quantitative estimate of drug-likeness (QED) is 0.0420. The van der Waals surface area contributed by atoms with Crippen LogP contribution >= 0.6 is 0 Å². The van der Waals surface area contributed by atoms with E-state index in [9.17, 15) is 15.0 Å². The number of aliphatic hydroxyl groups is 2. The first-order valence-electron chi connectivity index (χ1n) is 29.8. The van der Waals surface area contributed by atoms with Crippen molar-refractivity contribution in [1.29, 1.82) is 0 Å². The SMILES string of the molecule is CC/C=C\C/C=C\C/C=C\C/C=C\C/C=C\C/C=C\C/C=C\CCCCCC(=O)NC(CO)C(O)CCCCCCCCCCCCCCCCCCCCCCCCCCCCCCCCC. The Bertz CT molecular complexity index is 1210. The van der Waals surface area contributed by atoms with Gasteiger partial charge in [-0.15, -0.1) is 0 Å². The molecule has 0 rings (SSSR count). The molecule has 0 saturated heterocycles. The Labute approximate surface area is 424 Å². The van der Waals surface area contributed by atoms with Gasteiger partial charge < -0.3 is 15.5 Å². The second-order valence-electron chi connectivity index (χ2n) is 20.0. The maximum Gasteiger partial charge on any atom is 0.220 e. The van der Waals surface area contributed by atoms with E-state index >= 15 is 0 Å². The lowest BCUT2D eigenvalue weighted by Gasteiger charge is -2.22. The molecule has 0 fully saturated rings. The van der Waals surface area contributed by atoms with E-state index in [4.69, 9.17) is 0 Å². The van der Waals surface area contributed by atoms with Gasteiger partial charge in [-0.3, -0.25) is 4.79 Å². The average Bonchev–Trinajstić information content (AvgIpc) is 3.34. The Kier molecular flexibility index (Phi) is 56.8. The van der Waals surface area contributed by atoms with Gasteiger partial charge in [0.05, 0.1) is 18.8 Å². The molecule has 0 aliphatic rings. The van der Waals surface area contributed by atoms with Gasteiger partial charge in [-0.05, 0) is 70.6 Å². The second-order valence-corrected chi connectivity index (χ2v) is 20.0. The van der Waals surface area contributed by atoms with Crippen molar-refractivity contribution in [1.82, 2.24) is 5.32 Å². The Morgan fingerprint density at radius 2 is 0.647 bits per heavy atom. The van der Waals surface area contributed by atoms with E-state index in [1.54, 1.807) is 0 Å². The summed E-state index contributed by atoms with van der Waals surface area (Å²) in [5.74, 6) is -0.0628. The zero-order valence-electron chi connectivity index (χ0n) is 45.4. The first-order valence-corrected chi connectivity index (χ1v) is 29.8. The Morgan fingerprint density at radius 3 is 0.956 bits per heavy atom. The molecule has 0 aromatic carbocycles. The number of unbranched alkanes of at least 4 members (excludes halogenated alkanes) is 33. The summed E-state index contributed by atoms with van der Waals surface area (Å²) in [6.45, 7) is 4.25. The summed E-state index contributed by atoms with van der Waals surface area (Å²) in [6.07, 6.45) is 85.9. The molecular weight excluding hydrogens is 831 g/mol. The highest BCUT2D eigenvalue weighted by atomic mass is 16.3. The standard InChI is InChI=1S/C64H115NO3/c1-3-5-7-9-11-13-15-17-19-21-23-25-27-29-30-31-32-33-34-36-37-39-41-43-45-47-49-51-53-55-57-59-63(67)62(61-66)65-64(68)60-58-56-54-52-50-48-46-44-42-40-38-35-28-26-24-22-20-18-16-14-12-10-8-6-4-2/h6,8,12,14,18,20,24,26,35,38,42,44,48,50,62-63,66-67H,3-5,7,9-11,13,15-17,19,21-23,25,27-34,36-37,39-41,43,45-47,49,51-61H2,1-2H3,(H,65,68)/b8-6-,14-12-,20-18-,26-24-,38-35-,44-42-,50-48-. The monoisotopic (exact) mass is 946 g/mol. The third-order valence-corrected chi connectivity index (χ3v) is 13.4. The van der Waals surface area contributed by atoms with Crippen molar-refractivity contribution >= 4 is 5.91 Å². The lowest BCUT2D eigenvalue weighted by molar-refractivity contribution is -0.123. The fraction of sp³-hybridized carbons (Fsp3) is 0.766. The molecule has 0 heterocycles. The zero-order valence-corrected chi connectivity index (χ0v) is 45.4. The molecule has 0 aromatic rings. The number of aliphatic hydroxyl groups excluding tert-OH is 2. The number of allylic oxidation sites excluding steroid dienone is 14. The van der Waals surface area contributed by atoms with Crippen LogP contribution in [0.1, 0.15) is 296 Å². The lowest BCUT2D eigenvalue weighted by atomic mass is 10.0. The van der Waals surface area contributed by atoms with Crippen LogP contribution in [0.15, 0.2) is 85.1 Å². The van der Waals surface area contributed by atoms with Crippen LogP contribution in [0.4, 0.5) is 0 Å². The molecular formula is C64H115NO3. The third kappa shape index (κ3) is 54.5. The molecule has 4 heteroatoms. The molecule has 1 amide bonds. The minimum absolute atomic E-state index is 0.0628. The topological polar surface area (TPSA) is 69.6 Å². The number of rotatable bonds is 54. The van der Waals surface area contributed by atoms with Crippen molar-refractivity contribution < 1.29 is 15.0 Å². The summed E-state index contributed by atoms with van der Waals surface area (Å²) >= 11 is 0. The highest BCUT2D eigenvalue weighted by Gasteiger charge is 2.20. The first kappa shape index (κ1) is 65.6. The van der Waals surface area contributed by atoms with E-state index < -0.39 is 12.1 Å². The van der Waals surface area contributed by atoms with Crippen LogP contribution < -0.4 is 5.32 Å². The highest BCUT2D eigenvalue weighted by molar-refractivity contribution is 5.76. The summed E-state index contributed by atoms with van der Waals surface area (Å²) in [4.78, 5) is 12.5. The number of carbonyl (C=O) groups excluding carboxylic acids is 1. The van der Waals surface area contributed by atoms with Crippen molar-refractivity contribution in [3.8, 4) is 0 Å². The molecule has 0 aliphatic heterocycles. The fourth-order valence-electron chi connectivity index (χ4n) is 8.93. The van der Waals surface area contributed by atoms with E-state index in [1.165, 1.54) is 186 Å². The van der Waals surface area contributed by atoms with Crippen LogP contribution in [-0.4, -0.2) is 34.9 Å². The molecule has 4 nitrogen and oxygen atoms in total. The molecule has 0 saturated carbocycles. The predicted octanol–water partition coefficient (Wildman–Crippen LogP) is 19.9. The molecule has 0 bridgehead atoms. The van der Waals surface area contributed by atoms with Gasteiger partial charge in [-0.1, -0.05) is 304 Å². The Balaban J connectivity index is 3.52. The molecule has 2 unspecified atom stereocenters. The number of hydrogen-bond donors (Lipinski definition) is 3. The van der Waals surface area contributed by atoms with Crippen molar-refractivity contribution in [2.75, 3.05) is 6.61 Å². The van der Waals surface area contributed by atoms with E-state index in [1.807, 2.05) is 0 Å². The summed E-state index contributed by atoms with van der Waals surface area (Å²) in [7, 11) is 0. The van der Waals surface area contributed by atoms with E-state index in [2.05, 4.69) is 104 Å². The minimum Gasteiger partial charge on any atom is -0.394 e. The van der Waals surface area contributed by atoms with Gasteiger partial charge in [0.25, 0.3) is 0 Å². The van der Waals surface area contributed by atoms with Crippen LogP contribution in [0.2, 0.25) is 0 Å². The summed E-state index contributed by atoms with van der Waals surface area (Å²) in [5, 5.41) is 23.3. The van der Waals surface area contributed by atoms with Gasteiger partial charge in [0.15, 0.2) is 0 Å². The molecule has 394 valence electrons. The predicted molar refractivity (Wildman–Crippen MR) is 303 cm³/mol. The van der Waals surface area contributed by atoms with Gasteiger partial charge in [0.1, 0.15) is 0 Å². The average molecular weight is 947 g/mol. The van der Waals surface area contributed by atoms with Crippen LogP contribution in [0.5, 0.6) is 0 Å². The van der Waals surface area contributed by atoms with Crippen molar-refractivity contribution in [2.45, 2.75) is 309 Å². The smallest absolute Gasteiger partial charge is 0.220 e. The normalized spacial score (nSPS) is 13.4. The van der Waals surface area contributed by atoms with Crippen LogP contribution in [0.3, 0.4) is 0 Å². The molecule has 0 aromatic heterocycles. The number of nitrogens with one attached hydrogen (secondary N) is 1. The van der Waals surface area contributed by atoms with Gasteiger partial charge in [-0.2, -0.15) is 0 Å². The molecule has 0 spiro atoms. The highest BCUT2D eigenvalue weighted by Crippen LogP contribution is 2.18. The molecule has 0 radical (unpaired) electrons. The Hall–Kier alpha value is -2.43. The summed E-state index contributed by atoms with van der Waals surface area (Å²) in [5.41, 5.74) is 0. The van der Waals surface area contributed by atoms with Crippen LogP contribution in [-0.2, 0) is 4.79 Å². The van der Waals surface area contributed by atoms with Gasteiger partial charge in [-0.25, -0.2) is 0 Å². The van der Waals surface area contributed by atoms with Gasteiger partial charge >= 0.3 is 0 Å². The van der Waals surface area contributed by atoms with Crippen molar-refractivity contribution in [3.63, 3.8) is 0 Å². The maximum atomic E-state index is 12.5. The summed E-state index contributed by atoms with van der Waals surface area (Å²) < 4.78 is 0. The second kappa shape index (κ2) is 58.9. The van der Waals surface area contributed by atoms with E-state index in [0.29, 0.717) is 12.8 Å². The number of hydrogen-bond acceptors (Lipinski definition) is 3. The summed E-state index contributed by atoms with van der Waals surface area (Å²) in [6, 6.07) is -0.562. The molecule has 3 N–H and O–H groups in total. The lowest BCUT2D eigenvalue weighted by Crippen LogP contribution is -2.45. The number of amides is 1. The van der Waals surface area contributed by atoms with E-state index in [0.717, 1.165) is 83.5 Å². The zero-order chi connectivity index (χ0) is 49.2. The largest absolute Gasteiger partial charge is 0.394 e. The molecule has 2 atom stereocenters. The maximum absolute atomic E-state index is 12.5. The van der Waals surface area contributed by atoms with Gasteiger partial charge in [0.2, 0.25) is 5.91 Å². The Morgan fingerprint density at radius 1 is 0.368 bits per heavy atom. The van der Waals surface area contributed by atoms with Crippen LogP contribution in [0, 0.1) is 0 Å². The van der Waals surface area contributed by atoms with Crippen molar-refractivity contribution in [2.24, 2.45) is 0 Å². The first-order chi connectivity index (χ1) is 33.7. The van der Waals surface area contributed by atoms with Crippen molar-refractivity contribution in [3.05, 3.63) is 85.1 Å². The minimum atomic E-state index is -0.682. The molecule has 68 heavy (non-hydrogen) atoms. The third-order valence-electron chi connectivity index (χ3n) is 13.4. The van der Waals surface area contributed by atoms with Gasteiger partial charge in [0, 0.05) is 6.42 Å². The van der Waals surface area contributed by atoms with E-state index in [-0.39, 0.29) is 12.5 Å². The molecule has 0 aliphatic carbocycles. The fourth-order valence-corrected chi connectivity index (χ4v) is 8.93. The number of carbonyl (C=O) groups is 1. The van der Waals surface area contributed by atoms with Crippen LogP contribution in [0.25, 0.3) is 0 Å².